The molecule has 1 aromatic heterocycles. The molecule has 1 saturated carbocycles. The van der Waals surface area contributed by atoms with Crippen molar-refractivity contribution in [3.63, 3.8) is 0 Å². The molecule has 0 radical (unpaired) electrons. The zero-order valence-corrected chi connectivity index (χ0v) is 15.9. The molecule has 0 saturated heterocycles. The lowest BCUT2D eigenvalue weighted by Crippen LogP contribution is -2.56. The van der Waals surface area contributed by atoms with Crippen LogP contribution in [0.15, 0.2) is 54.7 Å². The molecule has 1 atom stereocenters. The molecule has 1 aromatic carbocycles. The highest BCUT2D eigenvalue weighted by molar-refractivity contribution is 5.75. The molecule has 1 aliphatic rings. The van der Waals surface area contributed by atoms with Gasteiger partial charge in [-0.2, -0.15) is 0 Å². The number of hydrogen-bond donors (Lipinski definition) is 3. The van der Waals surface area contributed by atoms with Crippen LogP contribution < -0.4 is 10.6 Å². The SMILES string of the molecule is CCN(CC(=O)O)C1CC(NC(=O)NC(c2ccccc2)c2ccccn2)C1. The van der Waals surface area contributed by atoms with E-state index in [9.17, 15) is 9.59 Å². The van der Waals surface area contributed by atoms with Crippen LogP contribution in [0, 0.1) is 0 Å². The predicted molar refractivity (Wildman–Crippen MR) is 106 cm³/mol. The number of likely N-dealkylation sites (N-methyl/N-ethyl adjacent to an activating group) is 1. The monoisotopic (exact) mass is 382 g/mol. The molecule has 0 aliphatic heterocycles. The zero-order valence-electron chi connectivity index (χ0n) is 15.9. The molecule has 1 aliphatic carbocycles. The summed E-state index contributed by atoms with van der Waals surface area (Å²) in [6.07, 6.45) is 3.23. The van der Waals surface area contributed by atoms with Gasteiger partial charge in [0.05, 0.1) is 18.3 Å². The second-order valence-electron chi connectivity index (χ2n) is 7.00. The smallest absolute Gasteiger partial charge is 0.317 e. The van der Waals surface area contributed by atoms with E-state index in [2.05, 4.69) is 15.6 Å². The van der Waals surface area contributed by atoms with Crippen molar-refractivity contribution in [3.05, 3.63) is 66.0 Å². The molecule has 0 spiro atoms. The Morgan fingerprint density at radius 2 is 1.89 bits per heavy atom. The highest BCUT2D eigenvalue weighted by atomic mass is 16.4. The van der Waals surface area contributed by atoms with Crippen molar-refractivity contribution in [2.45, 2.75) is 37.9 Å². The van der Waals surface area contributed by atoms with Gasteiger partial charge in [-0.1, -0.05) is 43.3 Å². The molecule has 148 valence electrons. The number of urea groups is 1. The van der Waals surface area contributed by atoms with Crippen LogP contribution in [0.5, 0.6) is 0 Å². The van der Waals surface area contributed by atoms with Gasteiger partial charge in [0.2, 0.25) is 0 Å². The van der Waals surface area contributed by atoms with E-state index in [-0.39, 0.29) is 30.7 Å². The molecule has 7 nitrogen and oxygen atoms in total. The Kier molecular flexibility index (Phi) is 6.60. The number of aromatic nitrogens is 1. The van der Waals surface area contributed by atoms with Crippen LogP contribution >= 0.6 is 0 Å². The normalized spacial score (nSPS) is 19.5. The first-order chi connectivity index (χ1) is 13.6. The summed E-state index contributed by atoms with van der Waals surface area (Å²) in [6, 6.07) is 15.0. The molecule has 3 rings (SSSR count). The Hall–Kier alpha value is -2.93. The number of rotatable bonds is 8. The second-order valence-corrected chi connectivity index (χ2v) is 7.00. The Labute approximate surface area is 164 Å². The number of carboxylic acid groups (broad SMARTS) is 1. The first-order valence-electron chi connectivity index (χ1n) is 9.55. The third-order valence-electron chi connectivity index (χ3n) is 5.10. The van der Waals surface area contributed by atoms with Gasteiger partial charge in [-0.3, -0.25) is 14.7 Å². The Balaban J connectivity index is 1.58. The Morgan fingerprint density at radius 3 is 2.50 bits per heavy atom. The predicted octanol–water partition coefficient (Wildman–Crippen LogP) is 2.41. The minimum atomic E-state index is -0.822. The molecule has 1 heterocycles. The van der Waals surface area contributed by atoms with Gasteiger partial charge in [0.15, 0.2) is 0 Å². The van der Waals surface area contributed by atoms with Crippen LogP contribution in [0.25, 0.3) is 0 Å². The fourth-order valence-electron chi connectivity index (χ4n) is 3.56. The van der Waals surface area contributed by atoms with Crippen molar-refractivity contribution in [2.24, 2.45) is 0 Å². The summed E-state index contributed by atoms with van der Waals surface area (Å²) < 4.78 is 0. The average Bonchev–Trinajstić information content (AvgIpc) is 2.68. The Morgan fingerprint density at radius 1 is 1.18 bits per heavy atom. The van der Waals surface area contributed by atoms with E-state index in [0.717, 1.165) is 24.1 Å². The number of carbonyl (C=O) groups excluding carboxylic acids is 1. The molecular weight excluding hydrogens is 356 g/mol. The van der Waals surface area contributed by atoms with E-state index in [0.29, 0.717) is 6.54 Å². The topological polar surface area (TPSA) is 94.6 Å². The summed E-state index contributed by atoms with van der Waals surface area (Å²) >= 11 is 0. The lowest BCUT2D eigenvalue weighted by Gasteiger charge is -2.42. The van der Waals surface area contributed by atoms with E-state index in [4.69, 9.17) is 5.11 Å². The van der Waals surface area contributed by atoms with Crippen molar-refractivity contribution in [1.82, 2.24) is 20.5 Å². The number of amides is 2. The highest BCUT2D eigenvalue weighted by Crippen LogP contribution is 2.26. The molecule has 2 amide bonds. The number of benzene rings is 1. The number of aliphatic carboxylic acids is 1. The van der Waals surface area contributed by atoms with Gasteiger partial charge < -0.3 is 15.7 Å². The maximum absolute atomic E-state index is 12.6. The molecule has 2 aromatic rings. The number of hydrogen-bond acceptors (Lipinski definition) is 4. The van der Waals surface area contributed by atoms with E-state index in [1.54, 1.807) is 6.20 Å². The minimum absolute atomic E-state index is 0.0375. The molecule has 0 bridgehead atoms. The van der Waals surface area contributed by atoms with Crippen molar-refractivity contribution in [1.29, 1.82) is 0 Å². The van der Waals surface area contributed by atoms with Crippen LogP contribution in [0.3, 0.4) is 0 Å². The number of nitrogens with one attached hydrogen (secondary N) is 2. The van der Waals surface area contributed by atoms with E-state index < -0.39 is 5.97 Å². The van der Waals surface area contributed by atoms with Gasteiger partial charge in [-0.15, -0.1) is 0 Å². The molecule has 7 heteroatoms. The van der Waals surface area contributed by atoms with Crippen molar-refractivity contribution in [3.8, 4) is 0 Å². The van der Waals surface area contributed by atoms with Gasteiger partial charge >= 0.3 is 12.0 Å². The van der Waals surface area contributed by atoms with Gasteiger partial charge in [0.25, 0.3) is 0 Å². The van der Waals surface area contributed by atoms with E-state index in [1.807, 2.05) is 60.4 Å². The third-order valence-corrected chi connectivity index (χ3v) is 5.10. The van der Waals surface area contributed by atoms with Crippen molar-refractivity contribution in [2.75, 3.05) is 13.1 Å². The zero-order chi connectivity index (χ0) is 19.9. The standard InChI is InChI=1S/C21H26N4O3/c1-2-25(14-19(26)27)17-12-16(13-17)23-21(28)24-20(15-8-4-3-5-9-15)18-10-6-7-11-22-18/h3-11,16-17,20H,2,12-14H2,1H3,(H,26,27)(H2,23,24,28). The maximum Gasteiger partial charge on any atom is 0.317 e. The van der Waals surface area contributed by atoms with Gasteiger partial charge in [-0.25, -0.2) is 4.79 Å². The summed E-state index contributed by atoms with van der Waals surface area (Å²) in [5.41, 5.74) is 1.73. The fourth-order valence-corrected chi connectivity index (χ4v) is 3.56. The minimum Gasteiger partial charge on any atom is -0.480 e. The summed E-state index contributed by atoms with van der Waals surface area (Å²) in [5, 5.41) is 15.0. The number of nitrogens with zero attached hydrogens (tertiary/aromatic N) is 2. The number of pyridine rings is 1. The summed E-state index contributed by atoms with van der Waals surface area (Å²) in [7, 11) is 0. The van der Waals surface area contributed by atoms with E-state index >= 15 is 0 Å². The first kappa shape index (κ1) is 19.8. The summed E-state index contributed by atoms with van der Waals surface area (Å²) in [6.45, 7) is 2.68. The molecule has 28 heavy (non-hydrogen) atoms. The highest BCUT2D eigenvalue weighted by Gasteiger charge is 2.35. The average molecular weight is 382 g/mol. The summed E-state index contributed by atoms with van der Waals surface area (Å²) in [5.74, 6) is -0.822. The van der Waals surface area contributed by atoms with Crippen LogP contribution in [0.2, 0.25) is 0 Å². The lowest BCUT2D eigenvalue weighted by atomic mass is 9.85. The van der Waals surface area contributed by atoms with Crippen LogP contribution in [-0.4, -0.2) is 52.2 Å². The third kappa shape index (κ3) is 5.07. The quantitative estimate of drug-likeness (QED) is 0.652. The number of carbonyl (C=O) groups is 2. The maximum atomic E-state index is 12.6. The van der Waals surface area contributed by atoms with Crippen molar-refractivity contribution < 1.29 is 14.7 Å². The van der Waals surface area contributed by atoms with Crippen LogP contribution in [-0.2, 0) is 4.79 Å². The molecule has 1 fully saturated rings. The van der Waals surface area contributed by atoms with Gasteiger partial charge in [0, 0.05) is 18.3 Å². The molecule has 1 unspecified atom stereocenters. The summed E-state index contributed by atoms with van der Waals surface area (Å²) in [4.78, 5) is 29.8. The number of carboxylic acids is 1. The second kappa shape index (κ2) is 9.32. The largest absolute Gasteiger partial charge is 0.480 e. The first-order valence-corrected chi connectivity index (χ1v) is 9.55. The Bertz CT molecular complexity index is 739. The van der Waals surface area contributed by atoms with Crippen molar-refractivity contribution >= 4 is 12.0 Å². The van der Waals surface area contributed by atoms with Gasteiger partial charge in [0.1, 0.15) is 0 Å². The van der Waals surface area contributed by atoms with Crippen LogP contribution in [0.1, 0.15) is 37.1 Å². The van der Waals surface area contributed by atoms with Gasteiger partial charge in [-0.05, 0) is 37.1 Å². The lowest BCUT2D eigenvalue weighted by molar-refractivity contribution is -0.139. The van der Waals surface area contributed by atoms with E-state index in [1.165, 1.54) is 0 Å². The van der Waals surface area contributed by atoms with Crippen LogP contribution in [0.4, 0.5) is 4.79 Å². The molecule has 3 N–H and O–H groups in total. The fraction of sp³-hybridized carbons (Fsp3) is 0.381. The molecular formula is C21H26N4O3.